The Labute approximate surface area is 186 Å². The molecule has 0 heterocycles. The van der Waals surface area contributed by atoms with Gasteiger partial charge in [0, 0.05) is 22.7 Å². The molecule has 166 valence electrons. The van der Waals surface area contributed by atoms with Crippen molar-refractivity contribution in [2.45, 2.75) is 56.6 Å². The molecule has 0 radical (unpaired) electrons. The lowest BCUT2D eigenvalue weighted by Crippen LogP contribution is -2.25. The summed E-state index contributed by atoms with van der Waals surface area (Å²) in [6, 6.07) is 11.9. The number of thioether (sulfide) groups is 1. The molecule has 1 unspecified atom stereocenters. The number of nitro groups is 1. The number of esters is 1. The maximum absolute atomic E-state index is 12.5. The number of anilines is 1. The minimum Gasteiger partial charge on any atom is -0.455 e. The summed E-state index contributed by atoms with van der Waals surface area (Å²) in [5, 5.41) is 13.1. The summed E-state index contributed by atoms with van der Waals surface area (Å²) in [5.74, 6) is -0.458. The Balaban J connectivity index is 1.96. The number of nitrogens with zero attached hydrogens (tertiary/aromatic N) is 1. The number of amides is 1. The van der Waals surface area contributed by atoms with Crippen LogP contribution in [0.2, 0.25) is 0 Å². The number of hydrogen-bond acceptors (Lipinski definition) is 6. The molecule has 31 heavy (non-hydrogen) atoms. The number of ether oxygens (including phenoxy) is 1. The van der Waals surface area contributed by atoms with Gasteiger partial charge in [-0.3, -0.25) is 19.7 Å². The van der Waals surface area contributed by atoms with Gasteiger partial charge in [0.2, 0.25) is 0 Å². The number of rotatable bonds is 9. The highest BCUT2D eigenvalue weighted by molar-refractivity contribution is 8.00. The molecule has 0 saturated heterocycles. The van der Waals surface area contributed by atoms with Gasteiger partial charge in [0.25, 0.3) is 11.6 Å². The van der Waals surface area contributed by atoms with Crippen LogP contribution in [0.3, 0.4) is 0 Å². The summed E-state index contributed by atoms with van der Waals surface area (Å²) in [7, 11) is 0. The van der Waals surface area contributed by atoms with Crippen molar-refractivity contribution in [1.29, 1.82) is 0 Å². The summed E-state index contributed by atoms with van der Waals surface area (Å²) in [4.78, 5) is 35.7. The van der Waals surface area contributed by atoms with Crippen LogP contribution in [-0.2, 0) is 14.3 Å². The lowest BCUT2D eigenvalue weighted by molar-refractivity contribution is -0.384. The largest absolute Gasteiger partial charge is 0.455 e. The molecule has 0 aliphatic carbocycles. The van der Waals surface area contributed by atoms with Gasteiger partial charge < -0.3 is 10.1 Å². The molecule has 0 aliphatic heterocycles. The monoisotopic (exact) mass is 444 g/mol. The van der Waals surface area contributed by atoms with Gasteiger partial charge in [0.15, 0.2) is 6.61 Å². The van der Waals surface area contributed by atoms with Gasteiger partial charge in [-0.25, -0.2) is 0 Å². The Morgan fingerprint density at radius 1 is 1.00 bits per heavy atom. The van der Waals surface area contributed by atoms with Gasteiger partial charge in [-0.2, -0.15) is 0 Å². The van der Waals surface area contributed by atoms with Crippen molar-refractivity contribution in [2.75, 3.05) is 11.9 Å². The van der Waals surface area contributed by atoms with E-state index in [0.29, 0.717) is 4.90 Å². The molecule has 8 heteroatoms. The smallest absolute Gasteiger partial charge is 0.319 e. The highest BCUT2D eigenvalue weighted by Crippen LogP contribution is 2.32. The van der Waals surface area contributed by atoms with Crippen LogP contribution in [0.1, 0.15) is 57.6 Å². The lowest BCUT2D eigenvalue weighted by Gasteiger charge is -2.20. The van der Waals surface area contributed by atoms with E-state index in [1.807, 2.05) is 18.2 Å². The molecule has 0 fully saturated rings. The Morgan fingerprint density at radius 3 is 2.03 bits per heavy atom. The molecule has 0 aromatic heterocycles. The minimum absolute atomic E-state index is 0.0151. The number of benzene rings is 2. The van der Waals surface area contributed by atoms with E-state index in [2.05, 4.69) is 33.0 Å². The molecular formula is C23H28N2O5S. The van der Waals surface area contributed by atoms with Crippen LogP contribution in [0.4, 0.5) is 11.4 Å². The molecule has 1 amide bonds. The summed E-state index contributed by atoms with van der Waals surface area (Å²) in [5.41, 5.74) is 2.83. The molecule has 7 nitrogen and oxygen atoms in total. The third-order valence-electron chi connectivity index (χ3n) is 4.68. The molecule has 1 N–H and O–H groups in total. The van der Waals surface area contributed by atoms with Gasteiger partial charge in [0.1, 0.15) is 5.25 Å². The first-order chi connectivity index (χ1) is 14.6. The van der Waals surface area contributed by atoms with Crippen molar-refractivity contribution in [3.05, 3.63) is 63.7 Å². The fourth-order valence-electron chi connectivity index (χ4n) is 3.02. The predicted octanol–water partition coefficient (Wildman–Crippen LogP) is 5.50. The maximum Gasteiger partial charge on any atom is 0.319 e. The number of carbonyl (C=O) groups is 2. The number of nitrogens with one attached hydrogen (secondary N) is 1. The number of non-ortho nitro benzene ring substituents is 1. The molecule has 0 bridgehead atoms. The molecule has 2 aromatic rings. The zero-order chi connectivity index (χ0) is 23.1. The third kappa shape index (κ3) is 6.82. The zero-order valence-electron chi connectivity index (χ0n) is 18.4. The lowest BCUT2D eigenvalue weighted by atomic mass is 9.92. The van der Waals surface area contributed by atoms with Crippen molar-refractivity contribution in [1.82, 2.24) is 0 Å². The topological polar surface area (TPSA) is 98.5 Å². The average Bonchev–Trinajstić information content (AvgIpc) is 2.72. The molecule has 0 aliphatic rings. The standard InChI is InChI=1S/C23H28N2O5S/c1-14(2)19-7-6-8-20(15(3)4)22(19)24-21(26)13-30-23(27)16(5)31-18-11-9-17(10-12-18)25(28)29/h6-12,14-16H,13H2,1-5H3,(H,24,26). The summed E-state index contributed by atoms with van der Waals surface area (Å²) < 4.78 is 5.19. The quantitative estimate of drug-likeness (QED) is 0.237. The van der Waals surface area contributed by atoms with Crippen molar-refractivity contribution < 1.29 is 19.2 Å². The van der Waals surface area contributed by atoms with Gasteiger partial charge >= 0.3 is 5.97 Å². The first kappa shape index (κ1) is 24.4. The van der Waals surface area contributed by atoms with E-state index in [1.165, 1.54) is 23.9 Å². The van der Waals surface area contributed by atoms with Gasteiger partial charge in [-0.1, -0.05) is 45.9 Å². The van der Waals surface area contributed by atoms with Crippen LogP contribution < -0.4 is 5.32 Å². The van der Waals surface area contributed by atoms with Crippen molar-refractivity contribution in [3.8, 4) is 0 Å². The Morgan fingerprint density at radius 2 is 1.55 bits per heavy atom. The number of nitro benzene ring substituents is 1. The van der Waals surface area contributed by atoms with E-state index in [0.717, 1.165) is 16.8 Å². The Bertz CT molecular complexity index is 915. The second-order valence-electron chi connectivity index (χ2n) is 7.79. The van der Waals surface area contributed by atoms with Crippen molar-refractivity contribution in [3.63, 3.8) is 0 Å². The highest BCUT2D eigenvalue weighted by Gasteiger charge is 2.20. The van der Waals surface area contributed by atoms with Crippen LogP contribution in [0, 0.1) is 10.1 Å². The van der Waals surface area contributed by atoms with E-state index in [-0.39, 0.29) is 24.1 Å². The molecule has 0 saturated carbocycles. The molecule has 1 atom stereocenters. The Kier molecular flexibility index (Phi) is 8.62. The number of para-hydroxylation sites is 1. The van der Waals surface area contributed by atoms with Gasteiger partial charge in [-0.05, 0) is 42.0 Å². The SMILES string of the molecule is CC(Sc1ccc([N+](=O)[O-])cc1)C(=O)OCC(=O)Nc1c(C(C)C)cccc1C(C)C. The fraction of sp³-hybridized carbons (Fsp3) is 0.391. The normalized spacial score (nSPS) is 12.0. The summed E-state index contributed by atoms with van der Waals surface area (Å²) in [6.45, 7) is 9.53. The highest BCUT2D eigenvalue weighted by atomic mass is 32.2. The van der Waals surface area contributed by atoms with E-state index in [1.54, 1.807) is 19.1 Å². The van der Waals surface area contributed by atoms with Crippen LogP contribution in [0.15, 0.2) is 47.4 Å². The van der Waals surface area contributed by atoms with E-state index < -0.39 is 22.0 Å². The molecular weight excluding hydrogens is 416 g/mol. The van der Waals surface area contributed by atoms with Crippen LogP contribution in [-0.4, -0.2) is 28.7 Å². The minimum atomic E-state index is -0.566. The van der Waals surface area contributed by atoms with Gasteiger partial charge in [-0.15, -0.1) is 11.8 Å². The van der Waals surface area contributed by atoms with Crippen molar-refractivity contribution in [2.24, 2.45) is 0 Å². The van der Waals surface area contributed by atoms with Crippen LogP contribution >= 0.6 is 11.8 Å². The van der Waals surface area contributed by atoms with Crippen LogP contribution in [0.5, 0.6) is 0 Å². The Hall–Kier alpha value is -2.87. The van der Waals surface area contributed by atoms with E-state index >= 15 is 0 Å². The molecule has 0 spiro atoms. The van der Waals surface area contributed by atoms with E-state index in [9.17, 15) is 19.7 Å². The van der Waals surface area contributed by atoms with E-state index in [4.69, 9.17) is 4.74 Å². The molecule has 2 aromatic carbocycles. The maximum atomic E-state index is 12.5. The third-order valence-corrected chi connectivity index (χ3v) is 5.77. The predicted molar refractivity (Wildman–Crippen MR) is 123 cm³/mol. The summed E-state index contributed by atoms with van der Waals surface area (Å²) >= 11 is 1.21. The molecule has 2 rings (SSSR count). The average molecular weight is 445 g/mol. The first-order valence-electron chi connectivity index (χ1n) is 10.1. The number of carbonyl (C=O) groups excluding carboxylic acids is 2. The zero-order valence-corrected chi connectivity index (χ0v) is 19.2. The fourth-order valence-corrected chi connectivity index (χ4v) is 3.89. The van der Waals surface area contributed by atoms with Crippen LogP contribution in [0.25, 0.3) is 0 Å². The number of hydrogen-bond donors (Lipinski definition) is 1. The second kappa shape index (κ2) is 10.9. The van der Waals surface area contributed by atoms with Crippen molar-refractivity contribution >= 4 is 35.0 Å². The first-order valence-corrected chi connectivity index (χ1v) is 11.0. The second-order valence-corrected chi connectivity index (χ2v) is 9.20. The summed E-state index contributed by atoms with van der Waals surface area (Å²) in [6.07, 6.45) is 0. The van der Waals surface area contributed by atoms with Gasteiger partial charge in [0.05, 0.1) is 4.92 Å².